The van der Waals surface area contributed by atoms with E-state index in [1.807, 2.05) is 11.8 Å². The Bertz CT molecular complexity index is 111. The van der Waals surface area contributed by atoms with E-state index in [1.54, 1.807) is 0 Å². The average molecular weight is 143 g/mol. The average Bonchev–Trinajstić information content (AvgIpc) is 2.33. The summed E-state index contributed by atoms with van der Waals surface area (Å²) in [4.78, 5) is 2.37. The topological polar surface area (TPSA) is 3.24 Å². The molecule has 0 amide bonds. The van der Waals surface area contributed by atoms with Crippen LogP contribution in [-0.4, -0.2) is 16.8 Å². The number of rotatable bonds is 2. The molecule has 0 aliphatic carbocycles. The van der Waals surface area contributed by atoms with Crippen molar-refractivity contribution >= 4 is 11.8 Å². The van der Waals surface area contributed by atoms with Gasteiger partial charge in [0.1, 0.15) is 0 Å². The Hall–Kier alpha value is -0.110. The molecule has 0 aromatic heterocycles. The number of hydrogen-bond acceptors (Lipinski definition) is 2. The second-order valence-corrected chi connectivity index (χ2v) is 3.20. The zero-order valence-electron chi connectivity index (χ0n) is 6.00. The summed E-state index contributed by atoms with van der Waals surface area (Å²) >= 11 is 1.92. The Morgan fingerprint density at radius 1 is 1.56 bits per heavy atom. The van der Waals surface area contributed by atoms with E-state index in [9.17, 15) is 0 Å². The van der Waals surface area contributed by atoms with Gasteiger partial charge in [-0.1, -0.05) is 6.92 Å². The molecule has 0 bridgehead atoms. The smallest absolute Gasteiger partial charge is 0.0783 e. The summed E-state index contributed by atoms with van der Waals surface area (Å²) in [5.41, 5.74) is 0. The second-order valence-electron chi connectivity index (χ2n) is 2.11. The summed E-state index contributed by atoms with van der Waals surface area (Å²) in [7, 11) is 0. The van der Waals surface area contributed by atoms with Gasteiger partial charge in [0, 0.05) is 12.7 Å². The third-order valence-electron chi connectivity index (χ3n) is 1.57. The molecule has 1 nitrogen and oxygen atoms in total. The highest BCUT2D eigenvalue weighted by Crippen LogP contribution is 2.26. The van der Waals surface area contributed by atoms with Crippen molar-refractivity contribution in [2.75, 3.05) is 6.54 Å². The lowest BCUT2D eigenvalue weighted by molar-refractivity contribution is 0.373. The molecule has 1 heterocycles. The zero-order valence-corrected chi connectivity index (χ0v) is 6.82. The van der Waals surface area contributed by atoms with Crippen molar-refractivity contribution in [2.45, 2.75) is 25.6 Å². The highest BCUT2D eigenvalue weighted by Gasteiger charge is 2.14. The van der Waals surface area contributed by atoms with Gasteiger partial charge >= 0.3 is 0 Å². The molecule has 2 heteroatoms. The van der Waals surface area contributed by atoms with E-state index in [0.29, 0.717) is 0 Å². The van der Waals surface area contributed by atoms with Crippen LogP contribution in [0.3, 0.4) is 0 Å². The van der Waals surface area contributed by atoms with Crippen LogP contribution < -0.4 is 0 Å². The molecule has 0 saturated heterocycles. The van der Waals surface area contributed by atoms with Crippen molar-refractivity contribution in [2.24, 2.45) is 0 Å². The predicted molar refractivity (Wildman–Crippen MR) is 43.2 cm³/mol. The lowest BCUT2D eigenvalue weighted by Gasteiger charge is -2.21. The standard InChI is InChI=1S/C7H13NS/c1-3-7-8(4-2)5-6-9-7/h5-7H,3-4H2,1-2H3. The molecule has 1 aliphatic heterocycles. The van der Waals surface area contributed by atoms with Crippen LogP contribution in [-0.2, 0) is 0 Å². The van der Waals surface area contributed by atoms with E-state index < -0.39 is 0 Å². The molecule has 0 radical (unpaired) electrons. The summed E-state index contributed by atoms with van der Waals surface area (Å²) in [6.45, 7) is 5.56. The predicted octanol–water partition coefficient (Wildman–Crippen LogP) is 2.26. The van der Waals surface area contributed by atoms with Crippen molar-refractivity contribution in [1.29, 1.82) is 0 Å². The summed E-state index contributed by atoms with van der Waals surface area (Å²) in [5.74, 6) is 0. The molecule has 0 saturated carbocycles. The van der Waals surface area contributed by atoms with Crippen LogP contribution in [0.1, 0.15) is 20.3 Å². The van der Waals surface area contributed by atoms with E-state index in [4.69, 9.17) is 0 Å². The lowest BCUT2D eigenvalue weighted by atomic mass is 10.4. The minimum atomic E-state index is 0.718. The first-order valence-corrected chi connectivity index (χ1v) is 4.40. The molecule has 9 heavy (non-hydrogen) atoms. The van der Waals surface area contributed by atoms with E-state index in [1.165, 1.54) is 6.42 Å². The van der Waals surface area contributed by atoms with Crippen LogP contribution in [0.4, 0.5) is 0 Å². The summed E-state index contributed by atoms with van der Waals surface area (Å²) in [5, 5.41) is 2.90. The van der Waals surface area contributed by atoms with Crippen LogP contribution in [0.25, 0.3) is 0 Å². The van der Waals surface area contributed by atoms with Gasteiger partial charge in [0.15, 0.2) is 0 Å². The van der Waals surface area contributed by atoms with E-state index >= 15 is 0 Å². The van der Waals surface area contributed by atoms with Crippen molar-refractivity contribution < 1.29 is 0 Å². The van der Waals surface area contributed by atoms with Crippen LogP contribution in [0.15, 0.2) is 11.6 Å². The fourth-order valence-corrected chi connectivity index (χ4v) is 1.99. The van der Waals surface area contributed by atoms with Gasteiger partial charge in [0.05, 0.1) is 5.37 Å². The molecule has 0 N–H and O–H groups in total. The molecule has 1 atom stereocenters. The van der Waals surface area contributed by atoms with Gasteiger partial charge < -0.3 is 4.90 Å². The van der Waals surface area contributed by atoms with Gasteiger partial charge in [-0.25, -0.2) is 0 Å². The molecule has 0 aromatic carbocycles. The maximum absolute atomic E-state index is 2.37. The molecule has 1 unspecified atom stereocenters. The SMILES string of the molecule is CCC1SC=CN1CC. The summed E-state index contributed by atoms with van der Waals surface area (Å²) in [6.07, 6.45) is 3.42. The Balaban J connectivity index is 2.39. The minimum absolute atomic E-state index is 0.718. The van der Waals surface area contributed by atoms with E-state index in [-0.39, 0.29) is 0 Å². The highest BCUT2D eigenvalue weighted by molar-refractivity contribution is 8.02. The third kappa shape index (κ3) is 1.42. The quantitative estimate of drug-likeness (QED) is 0.583. The van der Waals surface area contributed by atoms with Gasteiger partial charge in [0.25, 0.3) is 0 Å². The largest absolute Gasteiger partial charge is 0.365 e. The normalized spacial score (nSPS) is 25.6. The summed E-state index contributed by atoms with van der Waals surface area (Å²) < 4.78 is 0. The van der Waals surface area contributed by atoms with Crippen molar-refractivity contribution in [3.63, 3.8) is 0 Å². The Kier molecular flexibility index (Phi) is 2.46. The van der Waals surface area contributed by atoms with E-state index in [0.717, 1.165) is 11.9 Å². The first kappa shape index (κ1) is 7.00. The third-order valence-corrected chi connectivity index (χ3v) is 2.77. The maximum atomic E-state index is 2.37. The Morgan fingerprint density at radius 2 is 2.33 bits per heavy atom. The molecule has 0 spiro atoms. The Labute approximate surface area is 61.1 Å². The summed E-state index contributed by atoms with van der Waals surface area (Å²) in [6, 6.07) is 0. The maximum Gasteiger partial charge on any atom is 0.0783 e. The van der Waals surface area contributed by atoms with Gasteiger partial charge in [-0.3, -0.25) is 0 Å². The highest BCUT2D eigenvalue weighted by atomic mass is 32.2. The van der Waals surface area contributed by atoms with Crippen LogP contribution in [0, 0.1) is 0 Å². The van der Waals surface area contributed by atoms with Crippen molar-refractivity contribution in [3.05, 3.63) is 11.6 Å². The van der Waals surface area contributed by atoms with Crippen LogP contribution in [0.2, 0.25) is 0 Å². The van der Waals surface area contributed by atoms with Gasteiger partial charge in [-0.15, -0.1) is 11.8 Å². The number of nitrogens with zero attached hydrogens (tertiary/aromatic N) is 1. The fraction of sp³-hybridized carbons (Fsp3) is 0.714. The molecule has 1 rings (SSSR count). The molecular weight excluding hydrogens is 130 g/mol. The van der Waals surface area contributed by atoms with Crippen LogP contribution >= 0.6 is 11.8 Å². The van der Waals surface area contributed by atoms with Gasteiger partial charge in [0.2, 0.25) is 0 Å². The number of hydrogen-bond donors (Lipinski definition) is 0. The molecule has 52 valence electrons. The minimum Gasteiger partial charge on any atom is -0.365 e. The molecule has 0 fully saturated rings. The van der Waals surface area contributed by atoms with Crippen molar-refractivity contribution in [3.8, 4) is 0 Å². The second kappa shape index (κ2) is 3.16. The molecule has 0 aromatic rings. The van der Waals surface area contributed by atoms with Crippen LogP contribution in [0.5, 0.6) is 0 Å². The zero-order chi connectivity index (χ0) is 6.69. The first-order valence-electron chi connectivity index (χ1n) is 3.46. The lowest BCUT2D eigenvalue weighted by Crippen LogP contribution is -2.22. The fourth-order valence-electron chi connectivity index (χ4n) is 1.02. The molecule has 1 aliphatic rings. The monoisotopic (exact) mass is 143 g/mol. The van der Waals surface area contributed by atoms with Gasteiger partial charge in [-0.2, -0.15) is 0 Å². The number of thioether (sulfide) groups is 1. The Morgan fingerprint density at radius 3 is 2.78 bits per heavy atom. The molecular formula is C7H13NS. The first-order chi connectivity index (χ1) is 4.38. The van der Waals surface area contributed by atoms with Crippen molar-refractivity contribution in [1.82, 2.24) is 4.90 Å². The van der Waals surface area contributed by atoms with E-state index in [2.05, 4.69) is 30.4 Å². The van der Waals surface area contributed by atoms with Gasteiger partial charge in [-0.05, 0) is 18.8 Å².